The second-order valence-electron chi connectivity index (χ2n) is 4.32. The summed E-state index contributed by atoms with van der Waals surface area (Å²) in [5.41, 5.74) is 1.66. The average molecular weight is 304 g/mol. The van der Waals surface area contributed by atoms with E-state index in [1.807, 2.05) is 42.5 Å². The number of ether oxygens (including phenoxy) is 1. The van der Waals surface area contributed by atoms with E-state index < -0.39 is 0 Å². The van der Waals surface area contributed by atoms with Crippen LogP contribution in [0.3, 0.4) is 0 Å². The summed E-state index contributed by atoms with van der Waals surface area (Å²) < 4.78 is 5.93. The van der Waals surface area contributed by atoms with Crippen molar-refractivity contribution in [2.75, 3.05) is 0 Å². The van der Waals surface area contributed by atoms with E-state index in [4.69, 9.17) is 27.9 Å². The SMILES string of the molecule is ClCc1cc(Oc2ccc(Cl)cc2)c2ccccc2n1. The highest BCUT2D eigenvalue weighted by molar-refractivity contribution is 6.30. The van der Waals surface area contributed by atoms with E-state index in [-0.39, 0.29) is 0 Å². The number of para-hydroxylation sites is 1. The van der Waals surface area contributed by atoms with Crippen LogP contribution in [0.1, 0.15) is 5.69 Å². The van der Waals surface area contributed by atoms with Crippen LogP contribution < -0.4 is 4.74 Å². The molecule has 0 unspecified atom stereocenters. The Kier molecular flexibility index (Phi) is 3.77. The van der Waals surface area contributed by atoms with E-state index >= 15 is 0 Å². The van der Waals surface area contributed by atoms with Gasteiger partial charge in [0, 0.05) is 16.5 Å². The fraction of sp³-hybridized carbons (Fsp3) is 0.0625. The van der Waals surface area contributed by atoms with E-state index in [1.165, 1.54) is 0 Å². The topological polar surface area (TPSA) is 22.1 Å². The Bertz CT molecular complexity index is 741. The van der Waals surface area contributed by atoms with E-state index in [2.05, 4.69) is 4.98 Å². The summed E-state index contributed by atoms with van der Waals surface area (Å²) in [6.45, 7) is 0. The van der Waals surface area contributed by atoms with E-state index in [1.54, 1.807) is 12.1 Å². The third kappa shape index (κ3) is 2.72. The zero-order valence-corrected chi connectivity index (χ0v) is 12.0. The minimum Gasteiger partial charge on any atom is -0.457 e. The van der Waals surface area contributed by atoms with Crippen molar-refractivity contribution in [1.29, 1.82) is 0 Å². The van der Waals surface area contributed by atoms with Crippen LogP contribution in [0, 0.1) is 0 Å². The number of pyridine rings is 1. The fourth-order valence-corrected chi connectivity index (χ4v) is 2.24. The Morgan fingerprint density at radius 2 is 1.75 bits per heavy atom. The van der Waals surface area contributed by atoms with Gasteiger partial charge in [-0.1, -0.05) is 23.7 Å². The minimum atomic E-state index is 0.349. The van der Waals surface area contributed by atoms with Gasteiger partial charge in [0.05, 0.1) is 17.1 Å². The molecule has 20 heavy (non-hydrogen) atoms. The van der Waals surface area contributed by atoms with Crippen LogP contribution >= 0.6 is 23.2 Å². The first-order valence-electron chi connectivity index (χ1n) is 6.14. The van der Waals surface area contributed by atoms with Crippen LogP contribution in [-0.4, -0.2) is 4.98 Å². The second-order valence-corrected chi connectivity index (χ2v) is 5.02. The molecule has 0 atom stereocenters. The lowest BCUT2D eigenvalue weighted by molar-refractivity contribution is 0.487. The summed E-state index contributed by atoms with van der Waals surface area (Å²) in [5, 5.41) is 1.63. The molecule has 0 radical (unpaired) electrons. The largest absolute Gasteiger partial charge is 0.457 e. The summed E-state index contributed by atoms with van der Waals surface area (Å²) in [7, 11) is 0. The molecule has 0 aliphatic rings. The number of halogens is 2. The number of benzene rings is 2. The monoisotopic (exact) mass is 303 g/mol. The van der Waals surface area contributed by atoms with Crippen molar-refractivity contribution in [3.8, 4) is 11.5 Å². The van der Waals surface area contributed by atoms with Crippen LogP contribution in [0.4, 0.5) is 0 Å². The first-order valence-corrected chi connectivity index (χ1v) is 7.05. The summed E-state index contributed by atoms with van der Waals surface area (Å²) >= 11 is 11.8. The summed E-state index contributed by atoms with van der Waals surface area (Å²) in [5.74, 6) is 1.82. The quantitative estimate of drug-likeness (QED) is 0.603. The highest BCUT2D eigenvalue weighted by Gasteiger charge is 2.07. The molecule has 0 fully saturated rings. The molecule has 2 aromatic carbocycles. The molecule has 0 N–H and O–H groups in total. The summed E-state index contributed by atoms with van der Waals surface area (Å²) in [6, 6.07) is 16.9. The predicted octanol–water partition coefficient (Wildman–Crippen LogP) is 5.42. The van der Waals surface area contributed by atoms with Gasteiger partial charge in [-0.25, -0.2) is 0 Å². The van der Waals surface area contributed by atoms with Gasteiger partial charge >= 0.3 is 0 Å². The van der Waals surface area contributed by atoms with Crippen LogP contribution in [0.25, 0.3) is 10.9 Å². The normalized spacial score (nSPS) is 10.7. The van der Waals surface area contributed by atoms with Crippen molar-refractivity contribution in [3.05, 3.63) is 65.3 Å². The Labute approximate surface area is 126 Å². The Balaban J connectivity index is 2.07. The third-order valence-electron chi connectivity index (χ3n) is 2.91. The Morgan fingerprint density at radius 1 is 1.00 bits per heavy atom. The standard InChI is InChI=1S/C16H11Cl2NO/c17-10-12-9-16(14-3-1-2-4-15(14)19-12)20-13-7-5-11(18)6-8-13/h1-9H,10H2. The molecule has 0 amide bonds. The smallest absolute Gasteiger partial charge is 0.138 e. The maximum absolute atomic E-state index is 5.93. The number of rotatable bonds is 3. The van der Waals surface area contributed by atoms with E-state index in [0.29, 0.717) is 10.9 Å². The molecule has 0 saturated heterocycles. The summed E-state index contributed by atoms with van der Waals surface area (Å²) in [6.07, 6.45) is 0. The van der Waals surface area contributed by atoms with Crippen LogP contribution in [0.15, 0.2) is 54.6 Å². The fourth-order valence-electron chi connectivity index (χ4n) is 1.98. The number of hydrogen-bond donors (Lipinski definition) is 0. The van der Waals surface area contributed by atoms with Gasteiger partial charge in [-0.05, 0) is 36.4 Å². The number of hydrogen-bond acceptors (Lipinski definition) is 2. The first-order chi connectivity index (χ1) is 9.76. The van der Waals surface area contributed by atoms with Crippen molar-refractivity contribution >= 4 is 34.1 Å². The molecule has 100 valence electrons. The number of aromatic nitrogens is 1. The second kappa shape index (κ2) is 5.70. The van der Waals surface area contributed by atoms with Gasteiger partial charge in [0.2, 0.25) is 0 Å². The van der Waals surface area contributed by atoms with Crippen LogP contribution in [-0.2, 0) is 5.88 Å². The molecule has 2 nitrogen and oxygen atoms in total. The van der Waals surface area contributed by atoms with Crippen molar-refractivity contribution in [2.45, 2.75) is 5.88 Å². The molecule has 1 heterocycles. The molecular formula is C16H11Cl2NO. The number of alkyl halides is 1. The van der Waals surface area contributed by atoms with Crippen molar-refractivity contribution in [3.63, 3.8) is 0 Å². The lowest BCUT2D eigenvalue weighted by Gasteiger charge is -2.10. The van der Waals surface area contributed by atoms with Gasteiger partial charge in [-0.15, -0.1) is 11.6 Å². The zero-order chi connectivity index (χ0) is 13.9. The molecule has 0 aliphatic heterocycles. The van der Waals surface area contributed by atoms with Gasteiger partial charge < -0.3 is 4.74 Å². The maximum Gasteiger partial charge on any atom is 0.138 e. The number of nitrogens with zero attached hydrogens (tertiary/aromatic N) is 1. The zero-order valence-electron chi connectivity index (χ0n) is 10.5. The molecular weight excluding hydrogens is 293 g/mol. The van der Waals surface area contributed by atoms with Gasteiger partial charge in [-0.2, -0.15) is 0 Å². The molecule has 3 rings (SSSR count). The molecule has 0 aliphatic carbocycles. The average Bonchev–Trinajstić information content (AvgIpc) is 2.49. The molecule has 3 aromatic rings. The van der Waals surface area contributed by atoms with E-state index in [9.17, 15) is 0 Å². The van der Waals surface area contributed by atoms with Gasteiger partial charge in [0.1, 0.15) is 11.5 Å². The van der Waals surface area contributed by atoms with Gasteiger partial charge in [0.15, 0.2) is 0 Å². The molecule has 0 bridgehead atoms. The Hall–Kier alpha value is -1.77. The molecule has 0 spiro atoms. The summed E-state index contributed by atoms with van der Waals surface area (Å²) in [4.78, 5) is 4.48. The molecule has 0 saturated carbocycles. The van der Waals surface area contributed by atoms with Gasteiger partial charge in [-0.3, -0.25) is 4.98 Å². The first kappa shape index (κ1) is 13.2. The predicted molar refractivity (Wildman–Crippen MR) is 82.8 cm³/mol. The Morgan fingerprint density at radius 3 is 2.50 bits per heavy atom. The molecule has 4 heteroatoms. The minimum absolute atomic E-state index is 0.349. The lowest BCUT2D eigenvalue weighted by Crippen LogP contribution is -1.92. The molecule has 1 aromatic heterocycles. The van der Waals surface area contributed by atoms with Crippen LogP contribution in [0.2, 0.25) is 5.02 Å². The lowest BCUT2D eigenvalue weighted by atomic mass is 10.2. The van der Waals surface area contributed by atoms with E-state index in [0.717, 1.165) is 28.1 Å². The van der Waals surface area contributed by atoms with Crippen molar-refractivity contribution in [2.24, 2.45) is 0 Å². The van der Waals surface area contributed by atoms with Gasteiger partial charge in [0.25, 0.3) is 0 Å². The van der Waals surface area contributed by atoms with Crippen molar-refractivity contribution in [1.82, 2.24) is 4.98 Å². The van der Waals surface area contributed by atoms with Crippen LogP contribution in [0.5, 0.6) is 11.5 Å². The highest BCUT2D eigenvalue weighted by Crippen LogP contribution is 2.30. The third-order valence-corrected chi connectivity index (χ3v) is 3.44. The maximum atomic E-state index is 5.93. The number of fused-ring (bicyclic) bond motifs is 1. The van der Waals surface area contributed by atoms with Crippen molar-refractivity contribution < 1.29 is 4.74 Å². The highest BCUT2D eigenvalue weighted by atomic mass is 35.5.